The second-order valence-corrected chi connectivity index (χ2v) is 7.18. The summed E-state index contributed by atoms with van der Waals surface area (Å²) in [6.07, 6.45) is 3.02. The van der Waals surface area contributed by atoms with Crippen molar-refractivity contribution in [1.82, 2.24) is 4.90 Å². The predicted octanol–water partition coefficient (Wildman–Crippen LogP) is 3.20. The molecule has 0 radical (unpaired) electrons. The summed E-state index contributed by atoms with van der Waals surface area (Å²) >= 11 is 6.33. The lowest BCUT2D eigenvalue weighted by Gasteiger charge is -2.27. The highest BCUT2D eigenvalue weighted by molar-refractivity contribution is 8.26. The number of thiocarbonyl (C=S) groups is 1. The molecular weight excluding hydrogens is 346 g/mol. The molecule has 1 N–H and O–H groups in total. The van der Waals surface area contributed by atoms with Crippen molar-refractivity contribution in [1.29, 1.82) is 0 Å². The predicted molar refractivity (Wildman–Crippen MR) is 97.7 cm³/mol. The largest absolute Gasteiger partial charge is 0.480 e. The van der Waals surface area contributed by atoms with E-state index in [1.54, 1.807) is 37.3 Å². The fourth-order valence-corrected chi connectivity index (χ4v) is 3.70. The van der Waals surface area contributed by atoms with Gasteiger partial charge >= 0.3 is 5.97 Å². The summed E-state index contributed by atoms with van der Waals surface area (Å²) in [5.41, 5.74) is 1.29. The van der Waals surface area contributed by atoms with Gasteiger partial charge in [0.25, 0.3) is 5.91 Å². The van der Waals surface area contributed by atoms with Crippen LogP contribution in [0, 0.1) is 5.92 Å². The number of aldehydes is 1. The Bertz CT molecular complexity index is 712. The van der Waals surface area contributed by atoms with Gasteiger partial charge < -0.3 is 5.11 Å². The molecule has 2 rings (SSSR count). The Kier molecular flexibility index (Phi) is 5.90. The molecule has 1 aromatic rings. The zero-order valence-electron chi connectivity index (χ0n) is 13.3. The monoisotopic (exact) mass is 363 g/mol. The summed E-state index contributed by atoms with van der Waals surface area (Å²) in [7, 11) is 0. The van der Waals surface area contributed by atoms with E-state index in [-0.39, 0.29) is 10.2 Å². The van der Waals surface area contributed by atoms with Gasteiger partial charge in [-0.25, -0.2) is 4.79 Å². The molecule has 24 heavy (non-hydrogen) atoms. The van der Waals surface area contributed by atoms with E-state index in [2.05, 4.69) is 0 Å². The van der Waals surface area contributed by atoms with Gasteiger partial charge in [0, 0.05) is 5.56 Å². The minimum absolute atomic E-state index is 0.212. The number of hydrogen-bond donors (Lipinski definition) is 1. The highest BCUT2D eigenvalue weighted by Gasteiger charge is 2.42. The number of carbonyl (C=O) groups excluding carboxylic acids is 2. The summed E-state index contributed by atoms with van der Waals surface area (Å²) in [6, 6.07) is 5.78. The number of thioether (sulfide) groups is 1. The molecule has 1 heterocycles. The number of hydrogen-bond acceptors (Lipinski definition) is 5. The molecule has 1 amide bonds. The molecular formula is C17H17NO4S2. The van der Waals surface area contributed by atoms with E-state index in [9.17, 15) is 19.5 Å². The molecule has 0 bridgehead atoms. The zero-order valence-corrected chi connectivity index (χ0v) is 14.9. The van der Waals surface area contributed by atoms with Crippen LogP contribution >= 0.6 is 24.0 Å². The maximum atomic E-state index is 12.6. The van der Waals surface area contributed by atoms with Crippen LogP contribution in [0.5, 0.6) is 0 Å². The van der Waals surface area contributed by atoms with Crippen molar-refractivity contribution in [2.24, 2.45) is 5.92 Å². The molecule has 0 unspecified atom stereocenters. The third kappa shape index (κ3) is 3.73. The Morgan fingerprint density at radius 1 is 1.33 bits per heavy atom. The van der Waals surface area contributed by atoms with E-state index in [1.165, 1.54) is 4.90 Å². The van der Waals surface area contributed by atoms with Crippen LogP contribution in [-0.2, 0) is 9.59 Å². The van der Waals surface area contributed by atoms with Crippen molar-refractivity contribution in [3.05, 3.63) is 40.3 Å². The first kappa shape index (κ1) is 18.4. The fraction of sp³-hybridized carbons (Fsp3) is 0.294. The highest BCUT2D eigenvalue weighted by Crippen LogP contribution is 2.35. The van der Waals surface area contributed by atoms with Gasteiger partial charge in [0.2, 0.25) is 0 Å². The fourth-order valence-electron chi connectivity index (χ4n) is 2.37. The lowest BCUT2D eigenvalue weighted by molar-refractivity contribution is -0.147. The van der Waals surface area contributed by atoms with Crippen LogP contribution in [0.1, 0.15) is 36.2 Å². The number of nitrogens with zero attached hydrogens (tertiary/aromatic N) is 1. The summed E-state index contributed by atoms with van der Waals surface area (Å²) in [5.74, 6) is -1.66. The topological polar surface area (TPSA) is 74.7 Å². The first-order chi connectivity index (χ1) is 11.4. The minimum Gasteiger partial charge on any atom is -0.480 e. The van der Waals surface area contributed by atoms with E-state index in [4.69, 9.17) is 12.2 Å². The van der Waals surface area contributed by atoms with Gasteiger partial charge in [-0.2, -0.15) is 0 Å². The molecule has 126 valence electrons. The molecule has 7 heteroatoms. The van der Waals surface area contributed by atoms with Gasteiger partial charge in [-0.15, -0.1) is 0 Å². The molecule has 1 aromatic carbocycles. The lowest BCUT2D eigenvalue weighted by Crippen LogP contribution is -2.47. The van der Waals surface area contributed by atoms with Crippen molar-refractivity contribution in [3.63, 3.8) is 0 Å². The van der Waals surface area contributed by atoms with Crippen LogP contribution in [0.3, 0.4) is 0 Å². The Morgan fingerprint density at radius 2 is 1.92 bits per heavy atom. The van der Waals surface area contributed by atoms with E-state index < -0.39 is 17.9 Å². The van der Waals surface area contributed by atoms with E-state index in [0.717, 1.165) is 23.6 Å². The third-order valence-electron chi connectivity index (χ3n) is 3.91. The van der Waals surface area contributed by atoms with Crippen LogP contribution in [0.15, 0.2) is 29.2 Å². The van der Waals surface area contributed by atoms with Crippen molar-refractivity contribution >= 4 is 52.5 Å². The smallest absolute Gasteiger partial charge is 0.327 e. The van der Waals surface area contributed by atoms with Gasteiger partial charge in [-0.1, -0.05) is 68.5 Å². The van der Waals surface area contributed by atoms with Crippen molar-refractivity contribution < 1.29 is 19.5 Å². The lowest BCUT2D eigenvalue weighted by atomic mass is 9.98. The second-order valence-electron chi connectivity index (χ2n) is 5.50. The molecule has 2 atom stereocenters. The summed E-state index contributed by atoms with van der Waals surface area (Å²) in [6.45, 7) is 3.67. The van der Waals surface area contributed by atoms with E-state index in [0.29, 0.717) is 16.9 Å². The second kappa shape index (κ2) is 7.72. The Balaban J connectivity index is 2.31. The van der Waals surface area contributed by atoms with Gasteiger partial charge in [-0.3, -0.25) is 14.5 Å². The van der Waals surface area contributed by atoms with Crippen LogP contribution in [0.2, 0.25) is 0 Å². The summed E-state index contributed by atoms with van der Waals surface area (Å²) in [4.78, 5) is 36.5. The van der Waals surface area contributed by atoms with Gasteiger partial charge in [0.1, 0.15) is 16.6 Å². The first-order valence-corrected chi connectivity index (χ1v) is 8.66. The number of rotatable bonds is 6. The van der Waals surface area contributed by atoms with Crippen molar-refractivity contribution in [2.75, 3.05) is 0 Å². The normalized spacial score (nSPS) is 18.8. The van der Waals surface area contributed by atoms with E-state index in [1.807, 2.05) is 6.92 Å². The Morgan fingerprint density at radius 3 is 2.42 bits per heavy atom. The molecule has 0 spiro atoms. The average Bonchev–Trinajstić information content (AvgIpc) is 2.83. The zero-order chi connectivity index (χ0) is 17.9. The molecule has 0 aliphatic carbocycles. The molecule has 0 aromatic heterocycles. The number of amides is 1. The molecule has 1 aliphatic rings. The highest BCUT2D eigenvalue weighted by atomic mass is 32.2. The molecule has 1 aliphatic heterocycles. The summed E-state index contributed by atoms with van der Waals surface area (Å²) < 4.78 is 0.253. The van der Waals surface area contributed by atoms with Crippen LogP contribution in [-0.4, -0.2) is 38.5 Å². The quantitative estimate of drug-likeness (QED) is 0.475. The summed E-state index contributed by atoms with van der Waals surface area (Å²) in [5, 5.41) is 9.49. The molecule has 0 saturated carbocycles. The van der Waals surface area contributed by atoms with Gasteiger partial charge in [0.05, 0.1) is 4.91 Å². The van der Waals surface area contributed by atoms with Crippen LogP contribution in [0.4, 0.5) is 0 Å². The molecule has 1 saturated heterocycles. The van der Waals surface area contributed by atoms with E-state index >= 15 is 0 Å². The Hall–Kier alpha value is -1.99. The van der Waals surface area contributed by atoms with Crippen molar-refractivity contribution in [2.45, 2.75) is 26.3 Å². The Labute approximate surface area is 149 Å². The minimum atomic E-state index is -1.06. The maximum absolute atomic E-state index is 12.6. The maximum Gasteiger partial charge on any atom is 0.327 e. The average molecular weight is 363 g/mol. The number of carboxylic acids is 1. The first-order valence-electron chi connectivity index (χ1n) is 7.44. The SMILES string of the molecule is CC[C@H](C)[C@H](C(=O)O)N1C(=O)/C(=C/c2ccc(C=O)cc2)SC1=S. The molecule has 1 fully saturated rings. The van der Waals surface area contributed by atoms with Gasteiger partial charge in [-0.05, 0) is 17.6 Å². The third-order valence-corrected chi connectivity index (χ3v) is 5.24. The van der Waals surface area contributed by atoms with Gasteiger partial charge in [0.15, 0.2) is 0 Å². The number of carbonyl (C=O) groups is 3. The standard InChI is InChI=1S/C17H17NO4S2/c1-3-10(2)14(16(21)22)18-15(20)13(24-17(18)23)8-11-4-6-12(9-19)7-5-11/h4-10,14H,3H2,1-2H3,(H,21,22)/b13-8-/t10-,14+/m0/s1. The van der Waals surface area contributed by atoms with Crippen LogP contribution in [0.25, 0.3) is 6.08 Å². The number of benzene rings is 1. The number of carboxylic acid groups (broad SMARTS) is 1. The molecule has 5 nitrogen and oxygen atoms in total. The van der Waals surface area contributed by atoms with Crippen LogP contribution < -0.4 is 0 Å². The van der Waals surface area contributed by atoms with Crippen molar-refractivity contribution in [3.8, 4) is 0 Å². The number of aliphatic carboxylic acids is 1.